The fourth-order valence-electron chi connectivity index (χ4n) is 2.53. The summed E-state index contributed by atoms with van der Waals surface area (Å²) in [7, 11) is 1.84. The molecule has 0 saturated carbocycles. The van der Waals surface area contributed by atoms with Crippen LogP contribution in [0.2, 0.25) is 0 Å². The van der Waals surface area contributed by atoms with Gasteiger partial charge >= 0.3 is 0 Å². The molecule has 1 heterocycles. The monoisotopic (exact) mass is 298 g/mol. The third-order valence-electron chi connectivity index (χ3n) is 3.62. The molecule has 1 N–H and O–H groups in total. The highest BCUT2D eigenvalue weighted by molar-refractivity contribution is 5.81. The van der Waals surface area contributed by atoms with E-state index in [0.717, 1.165) is 52.1 Å². The van der Waals surface area contributed by atoms with E-state index in [9.17, 15) is 9.59 Å². The first-order valence-electron chi connectivity index (χ1n) is 8.03. The maximum absolute atomic E-state index is 12.2. The summed E-state index contributed by atoms with van der Waals surface area (Å²) < 4.78 is 0. The zero-order chi connectivity index (χ0) is 15.7. The van der Waals surface area contributed by atoms with Gasteiger partial charge in [0.15, 0.2) is 0 Å². The average Bonchev–Trinajstić information content (AvgIpc) is 2.47. The van der Waals surface area contributed by atoms with Crippen LogP contribution in [-0.2, 0) is 9.59 Å². The van der Waals surface area contributed by atoms with Crippen LogP contribution in [0.25, 0.3) is 0 Å². The van der Waals surface area contributed by atoms with Crippen molar-refractivity contribution in [1.29, 1.82) is 0 Å². The average molecular weight is 298 g/mol. The molecule has 0 aromatic rings. The van der Waals surface area contributed by atoms with Gasteiger partial charge in [0.1, 0.15) is 0 Å². The van der Waals surface area contributed by atoms with Crippen LogP contribution in [0.1, 0.15) is 26.7 Å². The molecule has 0 aromatic carbocycles. The van der Waals surface area contributed by atoms with Gasteiger partial charge in [-0.2, -0.15) is 0 Å². The lowest BCUT2D eigenvalue weighted by atomic mass is 10.3. The first kappa shape index (κ1) is 17.9. The molecule has 0 aliphatic carbocycles. The summed E-state index contributed by atoms with van der Waals surface area (Å²) in [6.07, 6.45) is 1.93. The summed E-state index contributed by atoms with van der Waals surface area (Å²) in [6.45, 7) is 9.62. The summed E-state index contributed by atoms with van der Waals surface area (Å²) in [5.41, 5.74) is 0. The Hall–Kier alpha value is -1.14. The zero-order valence-electron chi connectivity index (χ0n) is 13.7. The molecule has 0 bridgehead atoms. The second-order valence-corrected chi connectivity index (χ2v) is 5.68. The van der Waals surface area contributed by atoms with Crippen molar-refractivity contribution < 1.29 is 9.59 Å². The zero-order valence-corrected chi connectivity index (χ0v) is 13.7. The fourth-order valence-corrected chi connectivity index (χ4v) is 2.53. The molecule has 1 aliphatic heterocycles. The molecule has 21 heavy (non-hydrogen) atoms. The molecule has 0 radical (unpaired) electrons. The van der Waals surface area contributed by atoms with Crippen molar-refractivity contribution in [2.24, 2.45) is 0 Å². The maximum atomic E-state index is 12.2. The van der Waals surface area contributed by atoms with E-state index >= 15 is 0 Å². The SMILES string of the molecule is CCCN(CCC)C(=O)CN(C)CC(=O)N1CCNCC1. The molecule has 6 nitrogen and oxygen atoms in total. The van der Waals surface area contributed by atoms with Gasteiger partial charge in [0.25, 0.3) is 0 Å². The van der Waals surface area contributed by atoms with Gasteiger partial charge in [-0.1, -0.05) is 13.8 Å². The van der Waals surface area contributed by atoms with Gasteiger partial charge in [-0.3, -0.25) is 14.5 Å². The van der Waals surface area contributed by atoms with Gasteiger partial charge < -0.3 is 15.1 Å². The fraction of sp³-hybridized carbons (Fsp3) is 0.867. The molecule has 2 amide bonds. The van der Waals surface area contributed by atoms with E-state index in [1.54, 1.807) is 0 Å². The van der Waals surface area contributed by atoms with Crippen molar-refractivity contribution in [3.05, 3.63) is 0 Å². The minimum absolute atomic E-state index is 0.115. The van der Waals surface area contributed by atoms with Gasteiger partial charge in [-0.05, 0) is 19.9 Å². The number of likely N-dealkylation sites (N-methyl/N-ethyl adjacent to an activating group) is 1. The van der Waals surface area contributed by atoms with Crippen molar-refractivity contribution in [2.45, 2.75) is 26.7 Å². The number of nitrogens with one attached hydrogen (secondary N) is 1. The van der Waals surface area contributed by atoms with E-state index in [0.29, 0.717) is 13.1 Å². The number of carbonyl (C=O) groups is 2. The van der Waals surface area contributed by atoms with Gasteiger partial charge in [0, 0.05) is 39.3 Å². The number of piperazine rings is 1. The van der Waals surface area contributed by atoms with E-state index in [2.05, 4.69) is 19.2 Å². The van der Waals surface area contributed by atoms with E-state index in [1.807, 2.05) is 21.7 Å². The number of rotatable bonds is 8. The van der Waals surface area contributed by atoms with Crippen molar-refractivity contribution >= 4 is 11.8 Å². The first-order valence-corrected chi connectivity index (χ1v) is 8.03. The van der Waals surface area contributed by atoms with Crippen LogP contribution < -0.4 is 5.32 Å². The molecule has 0 spiro atoms. The Morgan fingerprint density at radius 2 is 1.62 bits per heavy atom. The minimum Gasteiger partial charge on any atom is -0.342 e. The highest BCUT2D eigenvalue weighted by Gasteiger charge is 2.20. The molecule has 122 valence electrons. The minimum atomic E-state index is 0.115. The highest BCUT2D eigenvalue weighted by Crippen LogP contribution is 1.99. The van der Waals surface area contributed by atoms with Crippen molar-refractivity contribution in [3.8, 4) is 0 Å². The van der Waals surface area contributed by atoms with E-state index in [-0.39, 0.29) is 11.8 Å². The Morgan fingerprint density at radius 3 is 2.14 bits per heavy atom. The Morgan fingerprint density at radius 1 is 1.05 bits per heavy atom. The van der Waals surface area contributed by atoms with E-state index < -0.39 is 0 Å². The summed E-state index contributed by atoms with van der Waals surface area (Å²) in [6, 6.07) is 0. The highest BCUT2D eigenvalue weighted by atomic mass is 16.2. The number of amides is 2. The normalized spacial score (nSPS) is 15.3. The lowest BCUT2D eigenvalue weighted by Gasteiger charge is -2.30. The topological polar surface area (TPSA) is 55.9 Å². The summed E-state index contributed by atoms with van der Waals surface area (Å²) in [4.78, 5) is 30.0. The first-order chi connectivity index (χ1) is 10.1. The third kappa shape index (κ3) is 6.44. The molecule has 1 fully saturated rings. The van der Waals surface area contributed by atoms with Crippen molar-refractivity contribution in [1.82, 2.24) is 20.0 Å². The number of nitrogens with zero attached hydrogens (tertiary/aromatic N) is 3. The lowest BCUT2D eigenvalue weighted by Crippen LogP contribution is -2.50. The van der Waals surface area contributed by atoms with Crippen LogP contribution >= 0.6 is 0 Å². The summed E-state index contributed by atoms with van der Waals surface area (Å²) >= 11 is 0. The van der Waals surface area contributed by atoms with Crippen LogP contribution in [0, 0.1) is 0 Å². The Balaban J connectivity index is 2.38. The quantitative estimate of drug-likeness (QED) is 0.685. The summed E-state index contributed by atoms with van der Waals surface area (Å²) in [5, 5.41) is 3.23. The van der Waals surface area contributed by atoms with Crippen LogP contribution in [0.3, 0.4) is 0 Å². The Kier molecular flexibility index (Phi) is 8.30. The maximum Gasteiger partial charge on any atom is 0.236 e. The smallest absolute Gasteiger partial charge is 0.236 e. The summed E-state index contributed by atoms with van der Waals surface area (Å²) in [5.74, 6) is 0.235. The molecular formula is C15H30N4O2. The van der Waals surface area contributed by atoms with Gasteiger partial charge in [0.2, 0.25) is 11.8 Å². The second kappa shape index (κ2) is 9.73. The molecule has 0 atom stereocenters. The molecule has 1 aliphatic rings. The third-order valence-corrected chi connectivity index (χ3v) is 3.62. The lowest BCUT2D eigenvalue weighted by molar-refractivity contribution is -0.135. The largest absolute Gasteiger partial charge is 0.342 e. The van der Waals surface area contributed by atoms with E-state index in [4.69, 9.17) is 0 Å². The molecule has 0 aromatic heterocycles. The van der Waals surface area contributed by atoms with Crippen LogP contribution in [0.15, 0.2) is 0 Å². The Labute approximate surface area is 128 Å². The predicted octanol–water partition coefficient (Wildman–Crippen LogP) is -0.00140. The van der Waals surface area contributed by atoms with Gasteiger partial charge in [0.05, 0.1) is 13.1 Å². The van der Waals surface area contributed by atoms with Crippen LogP contribution in [0.5, 0.6) is 0 Å². The van der Waals surface area contributed by atoms with Crippen molar-refractivity contribution in [3.63, 3.8) is 0 Å². The number of carbonyl (C=O) groups excluding carboxylic acids is 2. The van der Waals surface area contributed by atoms with Gasteiger partial charge in [-0.25, -0.2) is 0 Å². The van der Waals surface area contributed by atoms with Gasteiger partial charge in [-0.15, -0.1) is 0 Å². The second-order valence-electron chi connectivity index (χ2n) is 5.68. The number of hydrogen-bond acceptors (Lipinski definition) is 4. The van der Waals surface area contributed by atoms with Crippen molar-refractivity contribution in [2.75, 3.05) is 59.4 Å². The van der Waals surface area contributed by atoms with E-state index in [1.165, 1.54) is 0 Å². The standard InChI is InChI=1S/C15H30N4O2/c1-4-8-18(9-5-2)14(20)12-17(3)13-15(21)19-10-6-16-7-11-19/h16H,4-13H2,1-3H3. The molecule has 6 heteroatoms. The molecule has 1 rings (SSSR count). The number of hydrogen-bond donors (Lipinski definition) is 1. The predicted molar refractivity (Wildman–Crippen MR) is 84.1 cm³/mol. The molecule has 1 saturated heterocycles. The molecule has 0 unspecified atom stereocenters. The molecular weight excluding hydrogens is 268 g/mol. The van der Waals surface area contributed by atoms with Crippen LogP contribution in [0.4, 0.5) is 0 Å². The van der Waals surface area contributed by atoms with Crippen LogP contribution in [-0.4, -0.2) is 85.9 Å². The Bertz CT molecular complexity index is 324.